The van der Waals surface area contributed by atoms with Gasteiger partial charge in [0.1, 0.15) is 11.5 Å². The van der Waals surface area contributed by atoms with Crippen molar-refractivity contribution in [2.24, 2.45) is 0 Å². The molecule has 0 radical (unpaired) electrons. The van der Waals surface area contributed by atoms with Crippen molar-refractivity contribution in [3.63, 3.8) is 0 Å². The summed E-state index contributed by atoms with van der Waals surface area (Å²) in [6, 6.07) is 1.99. The lowest BCUT2D eigenvalue weighted by Crippen LogP contribution is -2.36. The van der Waals surface area contributed by atoms with Crippen LogP contribution in [0.2, 0.25) is 0 Å². The minimum atomic E-state index is -0.379. The highest BCUT2D eigenvalue weighted by Crippen LogP contribution is 2.35. The molecule has 11 nitrogen and oxygen atoms in total. The molecule has 6 heterocycles. The number of carbonyl (C=O) groups excluding carboxylic acids is 1. The fourth-order valence-electron chi connectivity index (χ4n) is 4.93. The van der Waals surface area contributed by atoms with Crippen LogP contribution in [0, 0.1) is 0 Å². The van der Waals surface area contributed by atoms with Gasteiger partial charge in [0.25, 0.3) is 5.91 Å². The van der Waals surface area contributed by atoms with Crippen molar-refractivity contribution in [2.45, 2.75) is 31.8 Å². The van der Waals surface area contributed by atoms with Gasteiger partial charge in [-0.15, -0.1) is 0 Å². The molecule has 1 atom stereocenters. The number of fused-ring (bicyclic) bond motifs is 1. The van der Waals surface area contributed by atoms with Crippen LogP contribution in [0.5, 0.6) is 0 Å². The van der Waals surface area contributed by atoms with Gasteiger partial charge in [0, 0.05) is 39.3 Å². The Balaban J connectivity index is 0.00000280. The molecule has 0 aromatic carbocycles. The van der Waals surface area contributed by atoms with Gasteiger partial charge in [0.15, 0.2) is 16.6 Å². The van der Waals surface area contributed by atoms with E-state index in [2.05, 4.69) is 25.1 Å². The Morgan fingerprint density at radius 3 is 2.57 bits per heavy atom. The highest BCUT2D eigenvalue weighted by atomic mass is 32.1. The molecule has 198 valence electrons. The predicted molar refractivity (Wildman–Crippen MR) is 150 cm³/mol. The Morgan fingerprint density at radius 2 is 1.81 bits per heavy atom. The average Bonchev–Trinajstić information content (AvgIpc) is 3.55. The molecule has 3 fully saturated rings. The number of nitrogens with zero attached hydrogens (tertiary/aromatic N) is 7. The largest absolute Gasteiger partial charge is 0.391 e. The summed E-state index contributed by atoms with van der Waals surface area (Å²) in [6.07, 6.45) is 6.80. The van der Waals surface area contributed by atoms with Crippen molar-refractivity contribution >= 4 is 63.5 Å². The summed E-state index contributed by atoms with van der Waals surface area (Å²) in [7, 11) is 0. The molecule has 3 aromatic rings. The van der Waals surface area contributed by atoms with Crippen LogP contribution >= 0.6 is 24.8 Å². The van der Waals surface area contributed by atoms with Crippen molar-refractivity contribution < 1.29 is 14.6 Å². The van der Waals surface area contributed by atoms with Gasteiger partial charge >= 0.3 is 0 Å². The van der Waals surface area contributed by atoms with Crippen molar-refractivity contribution in [2.75, 3.05) is 72.5 Å². The maximum absolute atomic E-state index is 13.3. The van der Waals surface area contributed by atoms with Gasteiger partial charge in [-0.25, -0.2) is 9.97 Å². The van der Waals surface area contributed by atoms with Gasteiger partial charge in [0.2, 0.25) is 0 Å². The molecule has 3 aromatic heterocycles. The first-order chi connectivity index (χ1) is 17.6. The first-order valence-electron chi connectivity index (χ1n) is 12.6. The Kier molecular flexibility index (Phi) is 7.93. The Hall–Kier alpha value is -2.74. The number of β-amino-alcohol motifs (C(OH)–C–C–N with tert-alkyl or cyclic N) is 1. The molecule has 3 aliphatic heterocycles. The van der Waals surface area contributed by atoms with Crippen LogP contribution in [-0.2, 0) is 4.74 Å². The van der Waals surface area contributed by atoms with Gasteiger partial charge in [-0.3, -0.25) is 9.78 Å². The fourth-order valence-corrected chi connectivity index (χ4v) is 5.92. The number of nitrogens with one attached hydrogen (secondary N) is 1. The SMILES string of the molecule is O=C(Nc1cc2sc(N3CCOCC3)nc2nc1N1CCCCC1)c1cncc(N2CC[C@H](O)C2)n1.S. The van der Waals surface area contributed by atoms with Crippen molar-refractivity contribution in [3.8, 4) is 0 Å². The summed E-state index contributed by atoms with van der Waals surface area (Å²) >= 11 is 1.58. The number of morpholine rings is 1. The molecule has 0 saturated carbocycles. The molecule has 0 unspecified atom stereocenters. The quantitative estimate of drug-likeness (QED) is 0.495. The van der Waals surface area contributed by atoms with E-state index in [1.54, 1.807) is 17.5 Å². The van der Waals surface area contributed by atoms with Crippen LogP contribution in [-0.4, -0.2) is 89.5 Å². The minimum Gasteiger partial charge on any atom is -0.391 e. The molecule has 3 saturated heterocycles. The number of carbonyl (C=O) groups is 1. The number of amides is 1. The monoisotopic (exact) mass is 544 g/mol. The third-order valence-corrected chi connectivity index (χ3v) is 7.93. The van der Waals surface area contributed by atoms with Gasteiger partial charge < -0.3 is 29.9 Å². The van der Waals surface area contributed by atoms with E-state index in [4.69, 9.17) is 14.7 Å². The lowest BCUT2D eigenvalue weighted by Gasteiger charge is -2.29. The number of rotatable bonds is 5. The van der Waals surface area contributed by atoms with E-state index in [1.165, 1.54) is 12.6 Å². The molecule has 3 aliphatic rings. The van der Waals surface area contributed by atoms with Gasteiger partial charge in [-0.2, -0.15) is 18.5 Å². The van der Waals surface area contributed by atoms with E-state index in [1.807, 2.05) is 11.0 Å². The van der Waals surface area contributed by atoms with Crippen molar-refractivity contribution in [1.82, 2.24) is 19.9 Å². The van der Waals surface area contributed by atoms with Crippen LogP contribution in [0.1, 0.15) is 36.2 Å². The zero-order valence-corrected chi connectivity index (χ0v) is 22.4. The average molecular weight is 545 g/mol. The van der Waals surface area contributed by atoms with E-state index in [0.29, 0.717) is 49.9 Å². The number of anilines is 4. The van der Waals surface area contributed by atoms with E-state index in [0.717, 1.165) is 54.7 Å². The number of thiazole rings is 1. The standard InChI is InChI=1S/C24H30N8O3S.H2S/c33-16-4-7-32(15-16)20-14-25-13-18(26-20)23(34)27-17-12-19-21(28-22(17)30-5-2-1-3-6-30)29-24(36-19)31-8-10-35-11-9-31;/h12-14,16,33H,1-11,15H2,(H,27,34);1H2/t16-;/m0./s1. The van der Waals surface area contributed by atoms with Crippen LogP contribution in [0.15, 0.2) is 18.5 Å². The Bertz CT molecular complexity index is 1250. The lowest BCUT2D eigenvalue weighted by molar-refractivity contribution is 0.102. The topological polar surface area (TPSA) is 120 Å². The minimum absolute atomic E-state index is 0. The summed E-state index contributed by atoms with van der Waals surface area (Å²) in [4.78, 5) is 38.2. The zero-order valence-electron chi connectivity index (χ0n) is 20.6. The maximum Gasteiger partial charge on any atom is 0.276 e. The number of piperidine rings is 1. The first-order valence-corrected chi connectivity index (χ1v) is 13.4. The number of ether oxygens (including phenoxy) is 1. The molecule has 0 bridgehead atoms. The van der Waals surface area contributed by atoms with E-state index in [9.17, 15) is 9.90 Å². The second kappa shape index (κ2) is 11.3. The molecule has 6 rings (SSSR count). The molecule has 1 amide bonds. The molecule has 0 aliphatic carbocycles. The Labute approximate surface area is 226 Å². The maximum atomic E-state index is 13.3. The highest BCUT2D eigenvalue weighted by molar-refractivity contribution is 7.59. The smallest absolute Gasteiger partial charge is 0.276 e. The highest BCUT2D eigenvalue weighted by Gasteiger charge is 2.25. The van der Waals surface area contributed by atoms with Gasteiger partial charge in [0.05, 0.1) is 42.1 Å². The number of aliphatic hydroxyl groups excluding tert-OH is 1. The second-order valence-corrected chi connectivity index (χ2v) is 10.4. The normalized spacial score (nSPS) is 20.2. The molecule has 37 heavy (non-hydrogen) atoms. The van der Waals surface area contributed by atoms with Crippen LogP contribution in [0.25, 0.3) is 10.3 Å². The summed E-state index contributed by atoms with van der Waals surface area (Å²) in [5.74, 6) is 1.02. The summed E-state index contributed by atoms with van der Waals surface area (Å²) in [5.41, 5.74) is 1.60. The first kappa shape index (κ1) is 25.9. The van der Waals surface area contributed by atoms with Gasteiger partial charge in [-0.1, -0.05) is 11.3 Å². The summed E-state index contributed by atoms with van der Waals surface area (Å²) in [6.45, 7) is 5.99. The summed E-state index contributed by atoms with van der Waals surface area (Å²) < 4.78 is 6.41. The molecular formula is C24H32N8O3S2. The van der Waals surface area contributed by atoms with E-state index >= 15 is 0 Å². The number of aliphatic hydroxyl groups is 1. The summed E-state index contributed by atoms with van der Waals surface area (Å²) in [5, 5.41) is 13.9. The Morgan fingerprint density at radius 1 is 1.00 bits per heavy atom. The van der Waals surface area contributed by atoms with E-state index < -0.39 is 0 Å². The van der Waals surface area contributed by atoms with Crippen LogP contribution in [0.3, 0.4) is 0 Å². The van der Waals surface area contributed by atoms with Crippen molar-refractivity contribution in [3.05, 3.63) is 24.2 Å². The van der Waals surface area contributed by atoms with Crippen LogP contribution < -0.4 is 20.0 Å². The second-order valence-electron chi connectivity index (χ2n) is 9.43. The number of pyridine rings is 1. The van der Waals surface area contributed by atoms with Crippen LogP contribution in [0.4, 0.5) is 22.5 Å². The molecular weight excluding hydrogens is 512 g/mol. The zero-order chi connectivity index (χ0) is 24.5. The molecule has 0 spiro atoms. The van der Waals surface area contributed by atoms with Crippen molar-refractivity contribution in [1.29, 1.82) is 0 Å². The number of aromatic nitrogens is 4. The lowest BCUT2D eigenvalue weighted by atomic mass is 10.1. The van der Waals surface area contributed by atoms with Gasteiger partial charge in [-0.05, 0) is 31.7 Å². The third-order valence-electron chi connectivity index (χ3n) is 6.88. The molecule has 13 heteroatoms. The number of hydrogen-bond donors (Lipinski definition) is 2. The number of hydrogen-bond acceptors (Lipinski definition) is 11. The van der Waals surface area contributed by atoms with E-state index in [-0.39, 0.29) is 31.2 Å². The molecule has 2 N–H and O–H groups in total. The fraction of sp³-hybridized carbons (Fsp3) is 0.542. The third kappa shape index (κ3) is 5.59. The predicted octanol–water partition coefficient (Wildman–Crippen LogP) is 2.24.